The van der Waals surface area contributed by atoms with Crippen molar-refractivity contribution in [3.63, 3.8) is 0 Å². The van der Waals surface area contributed by atoms with Crippen LogP contribution in [0.3, 0.4) is 0 Å². The number of aromatic nitrogens is 4. The molecule has 0 saturated carbocycles. The first-order valence-corrected chi connectivity index (χ1v) is 11.6. The molecular formula is C23H28N6O2S. The minimum Gasteiger partial charge on any atom is -0.336 e. The van der Waals surface area contributed by atoms with Crippen LogP contribution >= 0.6 is 11.8 Å². The first-order chi connectivity index (χ1) is 15.4. The van der Waals surface area contributed by atoms with Crippen molar-refractivity contribution < 1.29 is 9.59 Å². The number of rotatable bonds is 8. The lowest BCUT2D eigenvalue weighted by atomic mass is 10.0. The van der Waals surface area contributed by atoms with Crippen LogP contribution in [-0.4, -0.2) is 43.5 Å². The molecule has 0 aliphatic carbocycles. The second-order valence-corrected chi connectivity index (χ2v) is 8.42. The SMILES string of the molecule is CCc1cccc(CC)c1-n1c(SCC(=O)NC(=O)NC(C)C)nnc1-c1cccnc1. The van der Waals surface area contributed by atoms with Gasteiger partial charge in [0.25, 0.3) is 0 Å². The van der Waals surface area contributed by atoms with E-state index in [0.29, 0.717) is 11.0 Å². The van der Waals surface area contributed by atoms with Crippen molar-refractivity contribution in [1.29, 1.82) is 0 Å². The lowest BCUT2D eigenvalue weighted by molar-refractivity contribution is -0.117. The monoisotopic (exact) mass is 452 g/mol. The average molecular weight is 453 g/mol. The largest absolute Gasteiger partial charge is 0.336 e. The number of amides is 3. The number of imide groups is 1. The van der Waals surface area contributed by atoms with Gasteiger partial charge in [0.15, 0.2) is 11.0 Å². The number of nitrogens with one attached hydrogen (secondary N) is 2. The predicted molar refractivity (Wildman–Crippen MR) is 126 cm³/mol. The Hall–Kier alpha value is -3.20. The summed E-state index contributed by atoms with van der Waals surface area (Å²) in [5, 5.41) is 14.4. The third-order valence-electron chi connectivity index (χ3n) is 4.75. The van der Waals surface area contributed by atoms with Crippen molar-refractivity contribution in [1.82, 2.24) is 30.4 Å². The lowest BCUT2D eigenvalue weighted by Gasteiger charge is -2.18. The Morgan fingerprint density at radius 2 is 1.78 bits per heavy atom. The number of benzene rings is 1. The van der Waals surface area contributed by atoms with E-state index >= 15 is 0 Å². The number of aryl methyl sites for hydroxylation is 2. The summed E-state index contributed by atoms with van der Waals surface area (Å²) >= 11 is 1.24. The van der Waals surface area contributed by atoms with E-state index in [-0.39, 0.29) is 11.8 Å². The third kappa shape index (κ3) is 5.53. The van der Waals surface area contributed by atoms with Crippen molar-refractivity contribution in [2.75, 3.05) is 5.75 Å². The highest BCUT2D eigenvalue weighted by Gasteiger charge is 2.21. The van der Waals surface area contributed by atoms with Crippen LogP contribution in [0.4, 0.5) is 4.79 Å². The van der Waals surface area contributed by atoms with Gasteiger partial charge in [-0.2, -0.15) is 0 Å². The maximum atomic E-state index is 12.3. The van der Waals surface area contributed by atoms with Crippen LogP contribution in [0, 0.1) is 0 Å². The number of hydrogen-bond donors (Lipinski definition) is 2. The lowest BCUT2D eigenvalue weighted by Crippen LogP contribution is -2.43. The molecule has 0 aliphatic rings. The Morgan fingerprint density at radius 1 is 1.06 bits per heavy atom. The van der Waals surface area contributed by atoms with E-state index in [1.54, 1.807) is 12.4 Å². The molecule has 8 nitrogen and oxygen atoms in total. The maximum Gasteiger partial charge on any atom is 0.321 e. The molecule has 9 heteroatoms. The maximum absolute atomic E-state index is 12.3. The van der Waals surface area contributed by atoms with Gasteiger partial charge in [-0.1, -0.05) is 43.8 Å². The first-order valence-electron chi connectivity index (χ1n) is 10.6. The smallest absolute Gasteiger partial charge is 0.321 e. The van der Waals surface area contributed by atoms with Crippen molar-refractivity contribution in [3.8, 4) is 17.1 Å². The summed E-state index contributed by atoms with van der Waals surface area (Å²) in [6, 6.07) is 9.48. The Labute approximate surface area is 192 Å². The molecule has 1 aromatic carbocycles. The summed E-state index contributed by atoms with van der Waals surface area (Å²) in [5.41, 5.74) is 4.19. The highest BCUT2D eigenvalue weighted by Crippen LogP contribution is 2.32. The second kappa shape index (κ2) is 10.9. The molecular weight excluding hydrogens is 424 g/mol. The number of carbonyl (C=O) groups excluding carboxylic acids is 2. The van der Waals surface area contributed by atoms with Crippen molar-refractivity contribution in [3.05, 3.63) is 53.9 Å². The number of thioether (sulfide) groups is 1. The summed E-state index contributed by atoms with van der Waals surface area (Å²) in [5.74, 6) is 0.297. The molecule has 2 heterocycles. The quantitative estimate of drug-likeness (QED) is 0.504. The van der Waals surface area contributed by atoms with Crippen molar-refractivity contribution >= 4 is 23.7 Å². The van der Waals surface area contributed by atoms with Crippen LogP contribution in [0.1, 0.15) is 38.8 Å². The Morgan fingerprint density at radius 3 is 2.38 bits per heavy atom. The molecule has 3 rings (SSSR count). The molecule has 0 spiro atoms. The Kier molecular flexibility index (Phi) is 7.99. The zero-order chi connectivity index (χ0) is 23.1. The molecule has 168 valence electrons. The fourth-order valence-electron chi connectivity index (χ4n) is 3.34. The predicted octanol–water partition coefficient (Wildman–Crippen LogP) is 3.78. The zero-order valence-corrected chi connectivity index (χ0v) is 19.6. The molecule has 32 heavy (non-hydrogen) atoms. The fraction of sp³-hybridized carbons (Fsp3) is 0.348. The molecule has 0 unspecified atom stereocenters. The number of pyridine rings is 1. The molecule has 0 bridgehead atoms. The van der Waals surface area contributed by atoms with Gasteiger partial charge in [0.1, 0.15) is 0 Å². The van der Waals surface area contributed by atoms with Crippen LogP contribution < -0.4 is 10.6 Å². The number of para-hydroxylation sites is 1. The molecule has 0 saturated heterocycles. The van der Waals surface area contributed by atoms with Gasteiger partial charge in [-0.05, 0) is 49.9 Å². The Balaban J connectivity index is 1.98. The van der Waals surface area contributed by atoms with Crippen LogP contribution in [0.5, 0.6) is 0 Å². The molecule has 2 N–H and O–H groups in total. The van der Waals surface area contributed by atoms with Crippen LogP contribution in [0.2, 0.25) is 0 Å². The second-order valence-electron chi connectivity index (χ2n) is 7.48. The van der Waals surface area contributed by atoms with E-state index in [1.165, 1.54) is 11.8 Å². The number of carbonyl (C=O) groups is 2. The molecule has 0 fully saturated rings. The van der Waals surface area contributed by atoms with E-state index in [9.17, 15) is 9.59 Å². The standard InChI is InChI=1S/C23H28N6O2S/c1-5-16-9-7-10-17(6-2)20(16)29-21(18-11-8-12-24-13-18)27-28-23(29)32-14-19(30)26-22(31)25-15(3)4/h7-13,15H,5-6,14H2,1-4H3,(H2,25,26,30,31). The van der Waals surface area contributed by atoms with Crippen molar-refractivity contribution in [2.24, 2.45) is 0 Å². The first kappa shape index (κ1) is 23.5. The minimum absolute atomic E-state index is 0.0342. The van der Waals surface area contributed by atoms with E-state index in [0.717, 1.165) is 35.2 Å². The fourth-order valence-corrected chi connectivity index (χ4v) is 4.08. The van der Waals surface area contributed by atoms with Crippen LogP contribution in [-0.2, 0) is 17.6 Å². The van der Waals surface area contributed by atoms with Crippen LogP contribution in [0.15, 0.2) is 47.9 Å². The highest BCUT2D eigenvalue weighted by molar-refractivity contribution is 7.99. The van der Waals surface area contributed by atoms with E-state index < -0.39 is 11.9 Å². The third-order valence-corrected chi connectivity index (χ3v) is 5.68. The van der Waals surface area contributed by atoms with Gasteiger partial charge >= 0.3 is 6.03 Å². The van der Waals surface area contributed by atoms with Gasteiger partial charge in [-0.3, -0.25) is 19.7 Å². The molecule has 0 aliphatic heterocycles. The summed E-state index contributed by atoms with van der Waals surface area (Å²) in [7, 11) is 0. The van der Waals surface area contributed by atoms with E-state index in [1.807, 2.05) is 30.5 Å². The van der Waals surface area contributed by atoms with Gasteiger partial charge < -0.3 is 5.32 Å². The molecule has 0 atom stereocenters. The van der Waals surface area contributed by atoms with Gasteiger partial charge in [-0.25, -0.2) is 4.79 Å². The van der Waals surface area contributed by atoms with Gasteiger partial charge in [0, 0.05) is 24.0 Å². The number of urea groups is 1. The topological polar surface area (TPSA) is 102 Å². The highest BCUT2D eigenvalue weighted by atomic mass is 32.2. The van der Waals surface area contributed by atoms with Gasteiger partial charge in [0.2, 0.25) is 5.91 Å². The van der Waals surface area contributed by atoms with Gasteiger partial charge in [-0.15, -0.1) is 10.2 Å². The van der Waals surface area contributed by atoms with Crippen molar-refractivity contribution in [2.45, 2.75) is 51.7 Å². The van der Waals surface area contributed by atoms with Gasteiger partial charge in [0.05, 0.1) is 11.4 Å². The van der Waals surface area contributed by atoms with E-state index in [4.69, 9.17) is 0 Å². The molecule has 3 aromatic rings. The molecule has 2 aromatic heterocycles. The summed E-state index contributed by atoms with van der Waals surface area (Å²) in [6.07, 6.45) is 5.14. The zero-order valence-electron chi connectivity index (χ0n) is 18.8. The molecule has 3 amide bonds. The number of hydrogen-bond acceptors (Lipinski definition) is 6. The normalized spacial score (nSPS) is 10.9. The summed E-state index contributed by atoms with van der Waals surface area (Å²) in [4.78, 5) is 28.4. The Bertz CT molecular complexity index is 1060. The van der Waals surface area contributed by atoms with E-state index in [2.05, 4.69) is 57.9 Å². The molecule has 0 radical (unpaired) electrons. The average Bonchev–Trinajstić information content (AvgIpc) is 3.20. The summed E-state index contributed by atoms with van der Waals surface area (Å²) in [6.45, 7) is 7.88. The van der Waals surface area contributed by atoms with Crippen LogP contribution in [0.25, 0.3) is 17.1 Å². The summed E-state index contributed by atoms with van der Waals surface area (Å²) < 4.78 is 2.00. The minimum atomic E-state index is -0.507. The number of nitrogens with zero attached hydrogens (tertiary/aromatic N) is 4.